The van der Waals surface area contributed by atoms with Gasteiger partial charge in [-0.25, -0.2) is 22.8 Å². The molecule has 0 aliphatic heterocycles. The van der Waals surface area contributed by atoms with E-state index in [9.17, 15) is 27.9 Å². The van der Waals surface area contributed by atoms with E-state index in [4.69, 9.17) is 14.2 Å². The van der Waals surface area contributed by atoms with E-state index >= 15 is 0 Å². The minimum absolute atomic E-state index is 0.0572. The van der Waals surface area contributed by atoms with Crippen LogP contribution >= 0.6 is 0 Å². The van der Waals surface area contributed by atoms with Crippen molar-refractivity contribution in [2.45, 2.75) is 38.8 Å². The molecule has 11 heteroatoms. The average molecular weight is 527 g/mol. The number of carboxylic acid groups (broad SMARTS) is 1. The highest BCUT2D eigenvalue weighted by atomic mass is 19.3. The largest absolute Gasteiger partial charge is 0.492 e. The minimum Gasteiger partial charge on any atom is -0.492 e. The van der Waals surface area contributed by atoms with Crippen LogP contribution in [0.3, 0.4) is 0 Å². The fraction of sp³-hybridized carbons (Fsp3) is 0.462. The predicted octanol–water partition coefficient (Wildman–Crippen LogP) is 4.12. The molecule has 0 radical (unpaired) electrons. The molecule has 0 aromatic heterocycles. The zero-order chi connectivity index (χ0) is 27.3. The van der Waals surface area contributed by atoms with Gasteiger partial charge in [0.2, 0.25) is 0 Å². The lowest BCUT2D eigenvalue weighted by Gasteiger charge is -2.23. The summed E-state index contributed by atoms with van der Waals surface area (Å²) < 4.78 is 55.0. The van der Waals surface area contributed by atoms with Crippen LogP contribution in [-0.2, 0) is 27.2 Å². The summed E-state index contributed by atoms with van der Waals surface area (Å²) in [5.74, 6) is -3.88. The first-order chi connectivity index (χ1) is 17.6. The molecule has 2 rings (SSSR count). The summed E-state index contributed by atoms with van der Waals surface area (Å²) in [6.45, 7) is 2.39. The molecule has 0 bridgehead atoms. The number of nitrogens with zero attached hydrogens (tertiary/aromatic N) is 1. The first-order valence-electron chi connectivity index (χ1n) is 11.9. The number of nitrogens with one attached hydrogen (secondary N) is 1. The molecule has 0 spiro atoms. The lowest BCUT2D eigenvalue weighted by atomic mass is 10.1. The third-order valence-corrected chi connectivity index (χ3v) is 5.12. The highest BCUT2D eigenvalue weighted by Gasteiger charge is 2.22. The van der Waals surface area contributed by atoms with Crippen LogP contribution < -0.4 is 10.1 Å². The number of alkyl halides is 2. The fourth-order valence-electron chi connectivity index (χ4n) is 3.26. The number of urea groups is 1. The zero-order valence-electron chi connectivity index (χ0n) is 20.9. The van der Waals surface area contributed by atoms with E-state index in [1.54, 1.807) is 43.3 Å². The molecule has 0 heterocycles. The van der Waals surface area contributed by atoms with Crippen molar-refractivity contribution in [1.82, 2.24) is 10.2 Å². The van der Waals surface area contributed by atoms with Crippen molar-refractivity contribution < 1.29 is 42.1 Å². The number of halogens is 3. The molecule has 204 valence electrons. The first-order valence-corrected chi connectivity index (χ1v) is 11.9. The van der Waals surface area contributed by atoms with Crippen molar-refractivity contribution in [3.05, 3.63) is 65.5 Å². The Morgan fingerprint density at radius 1 is 1.03 bits per heavy atom. The molecule has 2 N–H and O–H groups in total. The second kappa shape index (κ2) is 15.1. The molecule has 0 aliphatic rings. The Hall–Kier alpha value is -3.31. The van der Waals surface area contributed by atoms with Gasteiger partial charge in [0.15, 0.2) is 6.10 Å². The Kier molecular flexibility index (Phi) is 12.2. The maximum atomic E-state index is 13.1. The van der Waals surface area contributed by atoms with Crippen LogP contribution in [0, 0.1) is 5.82 Å². The number of aliphatic carboxylic acids is 1. The van der Waals surface area contributed by atoms with Gasteiger partial charge in [-0.05, 0) is 42.3 Å². The lowest BCUT2D eigenvalue weighted by Crippen LogP contribution is -2.43. The normalized spacial score (nSPS) is 12.1. The van der Waals surface area contributed by atoms with Gasteiger partial charge in [0.1, 0.15) is 24.8 Å². The van der Waals surface area contributed by atoms with Crippen LogP contribution in [0.2, 0.25) is 0 Å². The first kappa shape index (κ1) is 29.9. The Labute approximate surface area is 214 Å². The smallest absolute Gasteiger partial charge is 0.333 e. The Balaban J connectivity index is 1.89. The highest BCUT2D eigenvalue weighted by Crippen LogP contribution is 2.15. The number of hydrogen-bond donors (Lipinski definition) is 2. The standard InChI is InChI=1S/C26H33F3N2O6/c1-3-36-23(24(32)33)16-19-6-10-22(11-7-19)37-15-13-31(12-14-35-18-26(2,28)29)25(34)30-17-20-4-8-21(27)9-5-20/h4-11,23H,3,12-18H2,1-2H3,(H,30,34)(H,32,33). The lowest BCUT2D eigenvalue weighted by molar-refractivity contribution is -0.149. The topological polar surface area (TPSA) is 97.3 Å². The van der Waals surface area contributed by atoms with Crippen LogP contribution in [-0.4, -0.2) is 73.6 Å². The quantitative estimate of drug-likeness (QED) is 0.320. The molecular formula is C26H33F3N2O6. The van der Waals surface area contributed by atoms with Gasteiger partial charge in [-0.1, -0.05) is 24.3 Å². The Morgan fingerprint density at radius 2 is 1.65 bits per heavy atom. The summed E-state index contributed by atoms with van der Waals surface area (Å²) in [4.78, 5) is 25.3. The fourth-order valence-corrected chi connectivity index (χ4v) is 3.26. The summed E-state index contributed by atoms with van der Waals surface area (Å²) in [6, 6.07) is 12.1. The number of carboxylic acids is 1. The van der Waals surface area contributed by atoms with Crippen LogP contribution in [0.4, 0.5) is 18.0 Å². The third kappa shape index (κ3) is 12.0. The van der Waals surface area contributed by atoms with Gasteiger partial charge in [-0.15, -0.1) is 0 Å². The number of amides is 2. The van der Waals surface area contributed by atoms with Gasteiger partial charge in [0.05, 0.1) is 13.2 Å². The molecule has 2 aromatic rings. The van der Waals surface area contributed by atoms with Gasteiger partial charge < -0.3 is 29.5 Å². The minimum atomic E-state index is -2.97. The summed E-state index contributed by atoms with van der Waals surface area (Å²) >= 11 is 0. The van der Waals surface area contributed by atoms with Crippen molar-refractivity contribution in [3.8, 4) is 5.75 Å². The van der Waals surface area contributed by atoms with Gasteiger partial charge in [0, 0.05) is 33.0 Å². The second-order valence-electron chi connectivity index (χ2n) is 8.37. The molecule has 8 nitrogen and oxygen atoms in total. The zero-order valence-corrected chi connectivity index (χ0v) is 20.9. The number of ether oxygens (including phenoxy) is 3. The maximum Gasteiger partial charge on any atom is 0.333 e. The number of benzene rings is 2. The summed E-state index contributed by atoms with van der Waals surface area (Å²) in [5, 5.41) is 11.9. The second-order valence-corrected chi connectivity index (χ2v) is 8.37. The van der Waals surface area contributed by atoms with Crippen molar-refractivity contribution in [1.29, 1.82) is 0 Å². The molecule has 2 aromatic carbocycles. The van der Waals surface area contributed by atoms with E-state index in [0.29, 0.717) is 11.3 Å². The van der Waals surface area contributed by atoms with Crippen LogP contribution in [0.5, 0.6) is 5.75 Å². The van der Waals surface area contributed by atoms with Crippen molar-refractivity contribution in [2.24, 2.45) is 0 Å². The molecule has 2 amide bonds. The van der Waals surface area contributed by atoms with E-state index in [0.717, 1.165) is 12.5 Å². The maximum absolute atomic E-state index is 13.1. The summed E-state index contributed by atoms with van der Waals surface area (Å²) in [5.41, 5.74) is 1.46. The van der Waals surface area contributed by atoms with Gasteiger partial charge in [-0.3, -0.25) is 0 Å². The molecule has 37 heavy (non-hydrogen) atoms. The van der Waals surface area contributed by atoms with Crippen molar-refractivity contribution in [2.75, 3.05) is 39.5 Å². The van der Waals surface area contributed by atoms with E-state index < -0.39 is 30.6 Å². The Bertz CT molecular complexity index is 968. The Morgan fingerprint density at radius 3 is 2.24 bits per heavy atom. The third-order valence-electron chi connectivity index (χ3n) is 5.12. The molecule has 0 aliphatic carbocycles. The number of carbonyl (C=O) groups is 2. The van der Waals surface area contributed by atoms with Gasteiger partial charge in [-0.2, -0.15) is 0 Å². The predicted molar refractivity (Wildman–Crippen MR) is 130 cm³/mol. The van der Waals surface area contributed by atoms with Gasteiger partial charge in [0.25, 0.3) is 5.92 Å². The van der Waals surface area contributed by atoms with E-state index in [1.807, 2.05) is 0 Å². The average Bonchev–Trinajstić information content (AvgIpc) is 2.85. The van der Waals surface area contributed by atoms with E-state index in [2.05, 4.69) is 5.32 Å². The molecule has 0 saturated heterocycles. The van der Waals surface area contributed by atoms with E-state index in [1.165, 1.54) is 17.0 Å². The highest BCUT2D eigenvalue weighted by molar-refractivity contribution is 5.74. The van der Waals surface area contributed by atoms with Crippen molar-refractivity contribution >= 4 is 12.0 Å². The molecule has 1 unspecified atom stereocenters. The van der Waals surface area contributed by atoms with Gasteiger partial charge >= 0.3 is 12.0 Å². The molecule has 1 atom stereocenters. The van der Waals surface area contributed by atoms with Crippen LogP contribution in [0.25, 0.3) is 0 Å². The van der Waals surface area contributed by atoms with Crippen LogP contribution in [0.1, 0.15) is 25.0 Å². The number of carbonyl (C=O) groups excluding carboxylic acids is 1. The SMILES string of the molecule is CCOC(Cc1ccc(OCCN(CCOCC(C)(F)F)C(=O)NCc2ccc(F)cc2)cc1)C(=O)O. The monoisotopic (exact) mass is 526 g/mol. The summed E-state index contributed by atoms with van der Waals surface area (Å²) in [7, 11) is 0. The molecular weight excluding hydrogens is 493 g/mol. The van der Waals surface area contributed by atoms with Crippen LogP contribution in [0.15, 0.2) is 48.5 Å². The number of hydrogen-bond acceptors (Lipinski definition) is 5. The summed E-state index contributed by atoms with van der Waals surface area (Å²) in [6.07, 6.45) is -0.726. The van der Waals surface area contributed by atoms with Crippen molar-refractivity contribution in [3.63, 3.8) is 0 Å². The number of rotatable bonds is 16. The molecule has 0 fully saturated rings. The molecule has 0 saturated carbocycles. The van der Waals surface area contributed by atoms with E-state index in [-0.39, 0.29) is 51.7 Å².